The minimum atomic E-state index is 0.113. The molecular formula is C20H22N4O2. The smallest absolute Gasteiger partial charge is 0.253 e. The van der Waals surface area contributed by atoms with Crippen molar-refractivity contribution < 1.29 is 9.32 Å². The van der Waals surface area contributed by atoms with Gasteiger partial charge in [-0.15, -0.1) is 0 Å². The molecule has 0 radical (unpaired) electrons. The minimum Gasteiger partial charge on any atom is -0.361 e. The van der Waals surface area contributed by atoms with Crippen molar-refractivity contribution >= 4 is 16.8 Å². The van der Waals surface area contributed by atoms with Gasteiger partial charge in [-0.1, -0.05) is 5.16 Å². The van der Waals surface area contributed by atoms with Crippen molar-refractivity contribution in [2.24, 2.45) is 5.92 Å². The maximum Gasteiger partial charge on any atom is 0.253 e. The molecule has 26 heavy (non-hydrogen) atoms. The van der Waals surface area contributed by atoms with E-state index >= 15 is 0 Å². The number of hydrogen-bond donors (Lipinski definition) is 1. The van der Waals surface area contributed by atoms with E-state index in [4.69, 9.17) is 4.52 Å². The number of piperidine rings is 1. The van der Waals surface area contributed by atoms with Crippen LogP contribution in [0.15, 0.2) is 35.0 Å². The third-order valence-corrected chi connectivity index (χ3v) is 5.50. The Hall–Kier alpha value is -2.63. The molecule has 1 aliphatic carbocycles. The topological polar surface area (TPSA) is 75.0 Å². The van der Waals surface area contributed by atoms with E-state index in [0.717, 1.165) is 60.5 Å². The molecule has 2 aromatic heterocycles. The third-order valence-electron chi connectivity index (χ3n) is 5.50. The van der Waals surface area contributed by atoms with Gasteiger partial charge in [0.25, 0.3) is 5.91 Å². The van der Waals surface area contributed by atoms with Crippen molar-refractivity contribution in [1.29, 1.82) is 0 Å². The van der Waals surface area contributed by atoms with E-state index in [9.17, 15) is 4.79 Å². The lowest BCUT2D eigenvalue weighted by atomic mass is 9.94. The summed E-state index contributed by atoms with van der Waals surface area (Å²) in [6.07, 6.45) is 7.14. The fourth-order valence-electron chi connectivity index (χ4n) is 3.89. The van der Waals surface area contributed by atoms with E-state index in [0.29, 0.717) is 11.8 Å². The number of fused-ring (bicyclic) bond motifs is 1. The molecule has 0 bridgehead atoms. The fraction of sp³-hybridized carbons (Fsp3) is 0.450. The van der Waals surface area contributed by atoms with Crippen LogP contribution in [0.1, 0.15) is 53.7 Å². The van der Waals surface area contributed by atoms with Crippen LogP contribution in [0.4, 0.5) is 0 Å². The Balaban J connectivity index is 1.27. The zero-order valence-electron chi connectivity index (χ0n) is 14.6. The summed E-state index contributed by atoms with van der Waals surface area (Å²) in [6.45, 7) is 1.57. The highest BCUT2D eigenvalue weighted by Crippen LogP contribution is 2.38. The van der Waals surface area contributed by atoms with Gasteiger partial charge < -0.3 is 14.4 Å². The minimum absolute atomic E-state index is 0.113. The lowest BCUT2D eigenvalue weighted by Crippen LogP contribution is -2.40. The number of nitrogens with one attached hydrogen (secondary N) is 1. The first-order chi connectivity index (χ1) is 12.8. The average Bonchev–Trinajstić information content (AvgIpc) is 3.23. The number of carbonyl (C=O) groups excluding carboxylic acids is 1. The number of benzene rings is 1. The molecule has 1 amide bonds. The van der Waals surface area contributed by atoms with Crippen molar-refractivity contribution in [2.45, 2.75) is 38.0 Å². The van der Waals surface area contributed by atoms with Gasteiger partial charge in [0.1, 0.15) is 0 Å². The van der Waals surface area contributed by atoms with Gasteiger partial charge in [0.05, 0.1) is 0 Å². The number of hydrogen-bond acceptors (Lipinski definition) is 4. The van der Waals surface area contributed by atoms with E-state index in [1.165, 1.54) is 12.8 Å². The molecule has 1 N–H and O–H groups in total. The molecule has 1 saturated heterocycles. The molecule has 6 nitrogen and oxygen atoms in total. The second-order valence-electron chi connectivity index (χ2n) is 7.56. The first-order valence-electron chi connectivity index (χ1n) is 9.45. The first kappa shape index (κ1) is 15.6. The van der Waals surface area contributed by atoms with Gasteiger partial charge in [-0.3, -0.25) is 4.79 Å². The number of carbonyl (C=O) groups is 1. The largest absolute Gasteiger partial charge is 0.361 e. The molecule has 3 aromatic rings. The number of likely N-dealkylation sites (tertiary alicyclic amines) is 1. The van der Waals surface area contributed by atoms with Gasteiger partial charge >= 0.3 is 0 Å². The van der Waals surface area contributed by atoms with Crippen LogP contribution in [0.3, 0.4) is 0 Å². The van der Waals surface area contributed by atoms with E-state index < -0.39 is 0 Å². The fourth-order valence-corrected chi connectivity index (χ4v) is 3.89. The van der Waals surface area contributed by atoms with Gasteiger partial charge in [-0.05, 0) is 55.9 Å². The summed E-state index contributed by atoms with van der Waals surface area (Å²) >= 11 is 0. The Morgan fingerprint density at radius 3 is 3.08 bits per heavy atom. The van der Waals surface area contributed by atoms with Crippen LogP contribution in [-0.2, 0) is 6.42 Å². The third kappa shape index (κ3) is 3.00. The normalized spacial score (nSPS) is 20.6. The maximum atomic E-state index is 12.9. The van der Waals surface area contributed by atoms with E-state index in [1.54, 1.807) is 0 Å². The Kier molecular flexibility index (Phi) is 3.76. The van der Waals surface area contributed by atoms with Crippen LogP contribution < -0.4 is 0 Å². The zero-order valence-corrected chi connectivity index (χ0v) is 14.6. The van der Waals surface area contributed by atoms with Crippen molar-refractivity contribution in [3.05, 3.63) is 47.7 Å². The van der Waals surface area contributed by atoms with Gasteiger partial charge in [0, 0.05) is 48.1 Å². The molecule has 6 heteroatoms. The summed E-state index contributed by atoms with van der Waals surface area (Å²) in [7, 11) is 0. The summed E-state index contributed by atoms with van der Waals surface area (Å²) in [5.74, 6) is 2.60. The number of rotatable bonds is 4. The van der Waals surface area contributed by atoms with Crippen molar-refractivity contribution in [1.82, 2.24) is 20.0 Å². The van der Waals surface area contributed by atoms with Crippen molar-refractivity contribution in [2.75, 3.05) is 13.1 Å². The predicted octanol–water partition coefficient (Wildman–Crippen LogP) is 3.52. The second kappa shape index (κ2) is 6.27. The van der Waals surface area contributed by atoms with Crippen LogP contribution in [0.25, 0.3) is 10.9 Å². The van der Waals surface area contributed by atoms with E-state index in [2.05, 4.69) is 15.1 Å². The molecule has 3 heterocycles. The number of nitrogens with zero attached hydrogens (tertiary/aromatic N) is 3. The Morgan fingerprint density at radius 1 is 1.27 bits per heavy atom. The molecule has 1 unspecified atom stereocenters. The van der Waals surface area contributed by atoms with Crippen molar-refractivity contribution in [3.8, 4) is 0 Å². The Bertz CT molecular complexity index is 940. The summed E-state index contributed by atoms with van der Waals surface area (Å²) in [5.41, 5.74) is 1.81. The van der Waals surface area contributed by atoms with Gasteiger partial charge in [0.2, 0.25) is 5.89 Å². The SMILES string of the molecule is O=C(c1ccc2[nH]ccc2c1)N1CCCC(Cc2nc(C3CC3)no2)C1. The number of aromatic amines is 1. The lowest BCUT2D eigenvalue weighted by Gasteiger charge is -2.32. The zero-order chi connectivity index (χ0) is 17.5. The van der Waals surface area contributed by atoms with Crippen molar-refractivity contribution in [3.63, 3.8) is 0 Å². The van der Waals surface area contributed by atoms with Crippen LogP contribution in [0.2, 0.25) is 0 Å². The quantitative estimate of drug-likeness (QED) is 0.781. The van der Waals surface area contributed by atoms with Gasteiger partial charge in [0.15, 0.2) is 5.82 Å². The molecule has 1 aliphatic heterocycles. The van der Waals surface area contributed by atoms with E-state index in [1.807, 2.05) is 35.4 Å². The highest BCUT2D eigenvalue weighted by atomic mass is 16.5. The maximum absolute atomic E-state index is 12.9. The Morgan fingerprint density at radius 2 is 2.19 bits per heavy atom. The average molecular weight is 350 g/mol. The second-order valence-corrected chi connectivity index (χ2v) is 7.56. The standard InChI is InChI=1S/C20H22N4O2/c25-20(16-5-6-17-15(11-16)7-8-21-17)24-9-1-2-13(12-24)10-18-22-19(23-26-18)14-3-4-14/h5-8,11,13-14,21H,1-4,9-10,12H2. The van der Waals surface area contributed by atoms with Crippen LogP contribution in [0, 0.1) is 5.92 Å². The molecule has 5 rings (SSSR count). The molecule has 2 fully saturated rings. The molecule has 2 aliphatic rings. The highest BCUT2D eigenvalue weighted by Gasteiger charge is 2.30. The summed E-state index contributed by atoms with van der Waals surface area (Å²) in [6, 6.07) is 7.85. The van der Waals surface area contributed by atoms with Crippen LogP contribution in [0.5, 0.6) is 0 Å². The summed E-state index contributed by atoms with van der Waals surface area (Å²) < 4.78 is 5.42. The van der Waals surface area contributed by atoms with Gasteiger partial charge in [-0.25, -0.2) is 0 Å². The molecule has 0 spiro atoms. The molecule has 1 atom stereocenters. The molecule has 1 saturated carbocycles. The monoisotopic (exact) mass is 350 g/mol. The number of amides is 1. The lowest BCUT2D eigenvalue weighted by molar-refractivity contribution is 0.0668. The molecular weight excluding hydrogens is 328 g/mol. The van der Waals surface area contributed by atoms with E-state index in [-0.39, 0.29) is 5.91 Å². The van der Waals surface area contributed by atoms with Gasteiger partial charge in [-0.2, -0.15) is 4.98 Å². The Labute approximate surface area is 151 Å². The number of aromatic nitrogens is 3. The first-order valence-corrected chi connectivity index (χ1v) is 9.45. The van der Waals surface area contributed by atoms with Crippen LogP contribution in [-0.4, -0.2) is 39.0 Å². The predicted molar refractivity (Wildman–Crippen MR) is 96.9 cm³/mol. The number of H-pyrrole nitrogens is 1. The summed E-state index contributed by atoms with van der Waals surface area (Å²) in [5, 5.41) is 5.17. The molecule has 134 valence electrons. The van der Waals surface area contributed by atoms with Crippen LogP contribution >= 0.6 is 0 Å². The summed E-state index contributed by atoms with van der Waals surface area (Å²) in [4.78, 5) is 22.6. The highest BCUT2D eigenvalue weighted by molar-refractivity contribution is 5.98. The molecule has 1 aromatic carbocycles.